The second-order valence-electron chi connectivity index (χ2n) is 9.15. The number of ether oxygens (including phenoxy) is 2. The molecule has 0 aromatic heterocycles. The van der Waals surface area contributed by atoms with E-state index in [0.717, 1.165) is 29.3 Å². The van der Waals surface area contributed by atoms with Crippen molar-refractivity contribution in [2.24, 2.45) is 0 Å². The number of benzene rings is 2. The minimum atomic E-state index is -4.74. The van der Waals surface area contributed by atoms with Gasteiger partial charge in [0.25, 0.3) is 0 Å². The first kappa shape index (κ1) is 26.3. The van der Waals surface area contributed by atoms with E-state index in [1.807, 2.05) is 0 Å². The Morgan fingerprint density at radius 2 is 1.83 bits per heavy atom. The van der Waals surface area contributed by atoms with Gasteiger partial charge in [0, 0.05) is 13.1 Å². The van der Waals surface area contributed by atoms with E-state index in [1.54, 1.807) is 18.2 Å². The van der Waals surface area contributed by atoms with E-state index in [-0.39, 0.29) is 11.9 Å². The third kappa shape index (κ3) is 5.62. The minimum absolute atomic E-state index is 0.114. The fourth-order valence-corrected chi connectivity index (χ4v) is 6.35. The Kier molecular flexibility index (Phi) is 7.51. The van der Waals surface area contributed by atoms with Gasteiger partial charge in [0.15, 0.2) is 6.61 Å². The second kappa shape index (κ2) is 10.3. The van der Waals surface area contributed by atoms with Crippen LogP contribution >= 0.6 is 0 Å². The fourth-order valence-electron chi connectivity index (χ4n) is 4.93. The highest BCUT2D eigenvalue weighted by Crippen LogP contribution is 2.41. The Hall–Kier alpha value is -2.79. The maximum Gasteiger partial charge on any atom is 0.416 e. The van der Waals surface area contributed by atoms with Gasteiger partial charge >= 0.3 is 12.1 Å². The van der Waals surface area contributed by atoms with E-state index >= 15 is 0 Å². The van der Waals surface area contributed by atoms with Crippen molar-refractivity contribution in [3.05, 3.63) is 53.1 Å². The molecule has 0 amide bonds. The normalized spacial score (nSPS) is 18.8. The number of hydrogen-bond donors (Lipinski definition) is 1. The van der Waals surface area contributed by atoms with Gasteiger partial charge in [-0.25, -0.2) is 13.2 Å². The van der Waals surface area contributed by atoms with Crippen molar-refractivity contribution < 1.29 is 41.0 Å². The van der Waals surface area contributed by atoms with Crippen molar-refractivity contribution in [2.75, 3.05) is 13.7 Å². The van der Waals surface area contributed by atoms with Crippen molar-refractivity contribution in [1.29, 1.82) is 0 Å². The molecule has 0 radical (unpaired) electrons. The molecule has 2 aromatic rings. The van der Waals surface area contributed by atoms with Gasteiger partial charge in [-0.2, -0.15) is 17.5 Å². The predicted octanol–water partition coefficient (Wildman–Crippen LogP) is 5.19. The molecule has 2 aliphatic rings. The maximum absolute atomic E-state index is 13.7. The summed E-state index contributed by atoms with van der Waals surface area (Å²) in [6, 6.07) is 7.00. The van der Waals surface area contributed by atoms with E-state index < -0.39 is 45.3 Å². The van der Waals surface area contributed by atoms with Crippen LogP contribution in [0.25, 0.3) is 0 Å². The van der Waals surface area contributed by atoms with Gasteiger partial charge in [0.2, 0.25) is 10.0 Å². The zero-order valence-electron chi connectivity index (χ0n) is 19.8. The fraction of sp³-hybridized carbons (Fsp3) is 0.480. The summed E-state index contributed by atoms with van der Waals surface area (Å²) in [4.78, 5) is 10.4. The van der Waals surface area contributed by atoms with Crippen LogP contribution in [0.15, 0.2) is 41.3 Å². The Balaban J connectivity index is 1.69. The molecule has 196 valence electrons. The van der Waals surface area contributed by atoms with E-state index in [9.17, 15) is 26.4 Å². The summed E-state index contributed by atoms with van der Waals surface area (Å²) in [6.45, 7) is -0.538. The number of carboxylic acids is 1. The van der Waals surface area contributed by atoms with Gasteiger partial charge in [-0.3, -0.25) is 0 Å². The van der Waals surface area contributed by atoms with Crippen LogP contribution in [0.1, 0.15) is 61.3 Å². The van der Waals surface area contributed by atoms with Gasteiger partial charge in [-0.1, -0.05) is 12.1 Å². The van der Waals surface area contributed by atoms with Crippen LogP contribution < -0.4 is 9.47 Å². The van der Waals surface area contributed by atoms with E-state index in [0.29, 0.717) is 55.0 Å². The molecule has 1 fully saturated rings. The molecule has 2 aliphatic carbocycles. The predicted molar refractivity (Wildman–Crippen MR) is 125 cm³/mol. The number of alkyl halides is 3. The van der Waals surface area contributed by atoms with Crippen molar-refractivity contribution in [2.45, 2.75) is 68.2 Å². The molecule has 0 bridgehead atoms. The van der Waals surface area contributed by atoms with Crippen molar-refractivity contribution in [3.8, 4) is 11.5 Å². The first-order chi connectivity index (χ1) is 17.0. The smallest absolute Gasteiger partial charge is 0.416 e. The average molecular weight is 528 g/mol. The Labute approximate surface area is 207 Å². The monoisotopic (exact) mass is 527 g/mol. The molecule has 4 rings (SSSR count). The lowest BCUT2D eigenvalue weighted by molar-refractivity contribution is -0.139. The summed E-state index contributed by atoms with van der Waals surface area (Å²) >= 11 is 0. The topological polar surface area (TPSA) is 93.1 Å². The lowest BCUT2D eigenvalue weighted by atomic mass is 9.87. The van der Waals surface area contributed by atoms with Crippen LogP contribution in [-0.2, 0) is 27.4 Å². The van der Waals surface area contributed by atoms with Gasteiger partial charge in [-0.15, -0.1) is 0 Å². The third-order valence-corrected chi connectivity index (χ3v) is 8.56. The van der Waals surface area contributed by atoms with Crippen LogP contribution in [-0.4, -0.2) is 43.6 Å². The summed E-state index contributed by atoms with van der Waals surface area (Å²) in [5.74, 6) is -0.895. The van der Waals surface area contributed by atoms with Gasteiger partial charge in [0.1, 0.15) is 11.5 Å². The molecule has 11 heteroatoms. The molecule has 0 heterocycles. The Bertz CT molecular complexity index is 1220. The van der Waals surface area contributed by atoms with Crippen LogP contribution in [0.3, 0.4) is 0 Å². The van der Waals surface area contributed by atoms with Gasteiger partial charge in [0.05, 0.1) is 22.6 Å². The number of aliphatic carboxylic acids is 1. The van der Waals surface area contributed by atoms with E-state index in [4.69, 9.17) is 14.6 Å². The van der Waals surface area contributed by atoms with E-state index in [2.05, 4.69) is 0 Å². The highest BCUT2D eigenvalue weighted by atomic mass is 32.2. The largest absolute Gasteiger partial charge is 0.490 e. The summed E-state index contributed by atoms with van der Waals surface area (Å²) in [5.41, 5.74) is 0.259. The lowest BCUT2D eigenvalue weighted by Gasteiger charge is -2.33. The SMILES string of the molecule is CN([C@@H]1CCCc2c(OCC(=O)O)cccc21)S(=O)(=O)c1cc(OC2CCCC2)cc(C(F)(F)F)c1. The Morgan fingerprint density at radius 3 is 2.50 bits per heavy atom. The number of carboxylic acid groups (broad SMARTS) is 1. The second-order valence-corrected chi connectivity index (χ2v) is 11.1. The molecule has 0 aliphatic heterocycles. The van der Waals surface area contributed by atoms with Gasteiger partial charge in [-0.05, 0) is 74.3 Å². The molecule has 1 N–H and O–H groups in total. The summed E-state index contributed by atoms with van der Waals surface area (Å²) < 4.78 is 80.4. The molecule has 7 nitrogen and oxygen atoms in total. The van der Waals surface area contributed by atoms with Crippen LogP contribution in [0.5, 0.6) is 11.5 Å². The lowest BCUT2D eigenvalue weighted by Crippen LogP contribution is -2.33. The highest BCUT2D eigenvalue weighted by Gasteiger charge is 2.37. The average Bonchev–Trinajstić information content (AvgIpc) is 3.34. The molecule has 1 saturated carbocycles. The molecule has 36 heavy (non-hydrogen) atoms. The molecular formula is C25H28F3NO6S. The molecule has 1 atom stereocenters. The van der Waals surface area contributed by atoms with Crippen LogP contribution in [0.4, 0.5) is 13.2 Å². The van der Waals surface area contributed by atoms with Crippen LogP contribution in [0, 0.1) is 0 Å². The van der Waals surface area contributed by atoms with Crippen molar-refractivity contribution >= 4 is 16.0 Å². The molecule has 2 aromatic carbocycles. The first-order valence-electron chi connectivity index (χ1n) is 11.8. The zero-order chi connectivity index (χ0) is 26.1. The number of halogens is 3. The number of fused-ring (bicyclic) bond motifs is 1. The summed E-state index contributed by atoms with van der Waals surface area (Å²) in [6.07, 6.45) is -0.111. The van der Waals surface area contributed by atoms with Gasteiger partial charge < -0.3 is 14.6 Å². The standard InChI is InChI=1S/C25H28F3NO6S/c1-29(22-10-4-9-21-20(22)8-5-11-23(21)34-15-24(30)31)36(32,33)19-13-16(25(26,27)28)12-18(14-19)35-17-6-2-3-7-17/h5,8,11-14,17,22H,2-4,6-7,9-10,15H2,1H3,(H,30,31)/t22-/m1/s1. The number of rotatable bonds is 8. The van der Waals surface area contributed by atoms with Crippen LogP contribution in [0.2, 0.25) is 0 Å². The summed E-state index contributed by atoms with van der Waals surface area (Å²) in [5, 5.41) is 8.94. The molecule has 0 saturated heterocycles. The highest BCUT2D eigenvalue weighted by molar-refractivity contribution is 7.89. The van der Waals surface area contributed by atoms with Crippen molar-refractivity contribution in [3.63, 3.8) is 0 Å². The Morgan fingerprint density at radius 1 is 1.11 bits per heavy atom. The maximum atomic E-state index is 13.7. The quantitative estimate of drug-likeness (QED) is 0.508. The van der Waals surface area contributed by atoms with Crippen molar-refractivity contribution in [1.82, 2.24) is 4.31 Å². The minimum Gasteiger partial charge on any atom is -0.490 e. The first-order valence-corrected chi connectivity index (χ1v) is 13.2. The number of nitrogens with zero attached hydrogens (tertiary/aromatic N) is 1. The number of carbonyl (C=O) groups is 1. The molecule has 0 unspecified atom stereocenters. The molecular weight excluding hydrogens is 499 g/mol. The van der Waals surface area contributed by atoms with E-state index in [1.165, 1.54) is 7.05 Å². The summed E-state index contributed by atoms with van der Waals surface area (Å²) in [7, 11) is -3.00. The zero-order valence-corrected chi connectivity index (χ0v) is 20.6. The number of hydrogen-bond acceptors (Lipinski definition) is 5. The molecule has 0 spiro atoms. The number of sulfonamides is 1. The third-order valence-electron chi connectivity index (χ3n) is 6.71.